The molecule has 2 atom stereocenters. The molecule has 2 aromatic carbocycles. The molecule has 0 bridgehead atoms. The van der Waals surface area contributed by atoms with Crippen molar-refractivity contribution in [3.05, 3.63) is 76.6 Å². The molecule has 2 aromatic heterocycles. The summed E-state index contributed by atoms with van der Waals surface area (Å²) in [5.74, 6) is -1.03. The van der Waals surface area contributed by atoms with Crippen LogP contribution in [0.4, 0.5) is 24.9 Å². The van der Waals surface area contributed by atoms with E-state index in [1.54, 1.807) is 30.3 Å². The van der Waals surface area contributed by atoms with E-state index in [2.05, 4.69) is 20.3 Å². The number of benzene rings is 2. The van der Waals surface area contributed by atoms with Crippen LogP contribution in [0.1, 0.15) is 30.9 Å². The highest BCUT2D eigenvalue weighted by Gasteiger charge is 2.45. The van der Waals surface area contributed by atoms with Crippen LogP contribution in [-0.4, -0.2) is 57.9 Å². The third-order valence-corrected chi connectivity index (χ3v) is 8.32. The Kier molecular flexibility index (Phi) is 7.20. The molecule has 2 saturated heterocycles. The number of aromatic nitrogens is 3. The monoisotopic (exact) mass is 594 g/mol. The van der Waals surface area contributed by atoms with Crippen molar-refractivity contribution in [1.82, 2.24) is 20.3 Å². The van der Waals surface area contributed by atoms with Crippen LogP contribution >= 0.6 is 0 Å². The van der Waals surface area contributed by atoms with E-state index in [1.807, 2.05) is 11.0 Å². The van der Waals surface area contributed by atoms with Gasteiger partial charge in [-0.2, -0.15) is 23.1 Å². The molecular formula is C30H29F3N6O4. The minimum absolute atomic E-state index is 0.110. The topological polar surface area (TPSA) is 146 Å². The Balaban J connectivity index is 1.19. The first-order chi connectivity index (χ1) is 20.5. The summed E-state index contributed by atoms with van der Waals surface area (Å²) in [6.45, 7) is 1.68. The molecule has 4 heterocycles. The van der Waals surface area contributed by atoms with Gasteiger partial charge in [-0.1, -0.05) is 30.3 Å². The number of piperidine rings is 1. The molecule has 6 rings (SSSR count). The molecule has 4 aromatic rings. The molecular weight excluding hydrogens is 565 g/mol. The minimum Gasteiger partial charge on any atom is -0.480 e. The molecule has 2 aliphatic heterocycles. The summed E-state index contributed by atoms with van der Waals surface area (Å²) in [5, 5.41) is 13.2. The van der Waals surface area contributed by atoms with Gasteiger partial charge in [0.2, 0.25) is 23.5 Å². The summed E-state index contributed by atoms with van der Waals surface area (Å²) in [4.78, 5) is 35.7. The highest BCUT2D eigenvalue weighted by molar-refractivity contribution is 5.84. The van der Waals surface area contributed by atoms with Crippen LogP contribution in [0.2, 0.25) is 0 Å². The average Bonchev–Trinajstić information content (AvgIpc) is 3.39. The van der Waals surface area contributed by atoms with Gasteiger partial charge in [-0.25, -0.2) is 0 Å². The lowest BCUT2D eigenvalue weighted by molar-refractivity contribution is -0.198. The van der Waals surface area contributed by atoms with Crippen molar-refractivity contribution < 1.29 is 27.8 Å². The molecule has 1 spiro atoms. The Hall–Kier alpha value is -4.65. The molecule has 10 nitrogen and oxygen atoms in total. The number of hydrogen-bond donors (Lipinski definition) is 4. The number of alkyl halides is 3. The number of aromatic amines is 1. The zero-order valence-corrected chi connectivity index (χ0v) is 22.9. The molecule has 13 heteroatoms. The number of ether oxygens (including phenoxy) is 1. The van der Waals surface area contributed by atoms with Crippen molar-refractivity contribution in [2.75, 3.05) is 30.3 Å². The van der Waals surface area contributed by atoms with Crippen LogP contribution in [0.15, 0.2) is 65.5 Å². The maximum atomic E-state index is 14.2. The second kappa shape index (κ2) is 10.9. The predicted molar refractivity (Wildman–Crippen MR) is 154 cm³/mol. The van der Waals surface area contributed by atoms with E-state index in [-0.39, 0.29) is 28.4 Å². The number of halogens is 3. The van der Waals surface area contributed by atoms with Crippen molar-refractivity contribution in [3.63, 3.8) is 0 Å². The molecule has 2 fully saturated rings. The predicted octanol–water partition coefficient (Wildman–Crippen LogP) is 4.28. The summed E-state index contributed by atoms with van der Waals surface area (Å²) >= 11 is 0. The quantitative estimate of drug-likeness (QED) is 0.257. The number of nitrogen functional groups attached to an aromatic ring is 1. The third kappa shape index (κ3) is 5.98. The van der Waals surface area contributed by atoms with E-state index >= 15 is 0 Å². The van der Waals surface area contributed by atoms with Gasteiger partial charge in [0.25, 0.3) is 0 Å². The Labute approximate surface area is 243 Å². The number of nitrogens with two attached hydrogens (primary N) is 1. The third-order valence-electron chi connectivity index (χ3n) is 8.32. The number of rotatable bonds is 6. The molecule has 43 heavy (non-hydrogen) atoms. The summed E-state index contributed by atoms with van der Waals surface area (Å²) in [6.07, 6.45) is -5.10. The zero-order valence-electron chi connectivity index (χ0n) is 22.9. The van der Waals surface area contributed by atoms with E-state index in [0.717, 1.165) is 10.9 Å². The number of H-pyrrole nitrogens is 1. The summed E-state index contributed by atoms with van der Waals surface area (Å²) < 4.78 is 48.2. The summed E-state index contributed by atoms with van der Waals surface area (Å²) in [7, 11) is 0. The van der Waals surface area contributed by atoms with Gasteiger partial charge >= 0.3 is 12.1 Å². The lowest BCUT2D eigenvalue weighted by Crippen LogP contribution is -2.41. The van der Waals surface area contributed by atoms with Gasteiger partial charge in [0.15, 0.2) is 0 Å². The normalized spacial score (nSPS) is 19.0. The first-order valence-corrected chi connectivity index (χ1v) is 13.8. The average molecular weight is 595 g/mol. The Morgan fingerprint density at radius 1 is 1.05 bits per heavy atom. The summed E-state index contributed by atoms with van der Waals surface area (Å²) in [5.41, 5.74) is 7.54. The highest BCUT2D eigenvalue weighted by Crippen LogP contribution is 2.41. The molecule has 0 radical (unpaired) electrons. The van der Waals surface area contributed by atoms with E-state index in [9.17, 15) is 27.9 Å². The number of fused-ring (bicyclic) bond motifs is 1. The fraction of sp³-hybridized carbons (Fsp3) is 0.333. The van der Waals surface area contributed by atoms with Gasteiger partial charge in [-0.3, -0.25) is 9.59 Å². The first kappa shape index (κ1) is 28.5. The second-order valence-electron chi connectivity index (χ2n) is 11.2. The molecule has 2 aliphatic rings. The van der Waals surface area contributed by atoms with Crippen LogP contribution < -0.4 is 26.2 Å². The van der Waals surface area contributed by atoms with E-state index < -0.39 is 24.3 Å². The number of aliphatic carboxylic acids is 1. The standard InChI is InChI=1S/C30H29F3N6O4/c31-30(32,33)26(18-3-1-17(2-4-18)19-5-7-21-20(13-19)6-8-24(40)36-21)43-25-14-23(37-28(34)38-25)39-11-9-29(10-12-39)15-22(27(41)42)35-16-29/h1-8,13-14,22,26,35H,9-12,15-16H2,(H,36,40)(H,41,42)(H2,34,37,38)/t22?,26-/m1/s1. The smallest absolute Gasteiger partial charge is 0.429 e. The SMILES string of the molecule is Nc1nc(O[C@H](c2ccc(-c3ccc4[nH]c(=O)ccc4c3)cc2)C(F)(F)F)cc(N2CCC3(CC2)CNC(C(=O)O)C3)n1. The fourth-order valence-corrected chi connectivity index (χ4v) is 5.96. The fourth-order valence-electron chi connectivity index (χ4n) is 5.96. The van der Waals surface area contributed by atoms with E-state index in [1.165, 1.54) is 24.3 Å². The van der Waals surface area contributed by atoms with Gasteiger partial charge in [0, 0.05) is 42.8 Å². The highest BCUT2D eigenvalue weighted by atomic mass is 19.4. The van der Waals surface area contributed by atoms with E-state index in [0.29, 0.717) is 55.8 Å². The van der Waals surface area contributed by atoms with Crippen molar-refractivity contribution in [2.45, 2.75) is 37.6 Å². The number of nitrogens with one attached hydrogen (secondary N) is 2. The molecule has 0 saturated carbocycles. The van der Waals surface area contributed by atoms with Gasteiger partial charge < -0.3 is 30.8 Å². The Bertz CT molecular complexity index is 1720. The molecule has 5 N–H and O–H groups in total. The van der Waals surface area contributed by atoms with Gasteiger partial charge in [0.1, 0.15) is 11.9 Å². The van der Waals surface area contributed by atoms with Gasteiger partial charge in [-0.05, 0) is 59.4 Å². The second-order valence-corrected chi connectivity index (χ2v) is 11.2. The van der Waals surface area contributed by atoms with Crippen LogP contribution in [-0.2, 0) is 4.79 Å². The molecule has 1 unspecified atom stereocenters. The molecule has 0 aliphatic carbocycles. The lowest BCUT2D eigenvalue weighted by atomic mass is 9.76. The zero-order chi connectivity index (χ0) is 30.4. The van der Waals surface area contributed by atoms with Crippen LogP contribution in [0, 0.1) is 5.41 Å². The Morgan fingerprint density at radius 2 is 1.77 bits per heavy atom. The number of anilines is 2. The number of carbonyl (C=O) groups is 1. The Morgan fingerprint density at radius 3 is 2.44 bits per heavy atom. The van der Waals surface area contributed by atoms with E-state index in [4.69, 9.17) is 10.5 Å². The number of carboxylic acid groups (broad SMARTS) is 1. The van der Waals surface area contributed by atoms with Crippen molar-refractivity contribution in [2.24, 2.45) is 5.41 Å². The van der Waals surface area contributed by atoms with Crippen LogP contribution in [0.3, 0.4) is 0 Å². The van der Waals surface area contributed by atoms with Crippen molar-refractivity contribution in [1.29, 1.82) is 0 Å². The van der Waals surface area contributed by atoms with Crippen molar-refractivity contribution in [3.8, 4) is 17.0 Å². The van der Waals surface area contributed by atoms with Crippen molar-refractivity contribution >= 4 is 28.6 Å². The first-order valence-electron chi connectivity index (χ1n) is 13.8. The molecule has 224 valence electrons. The van der Waals surface area contributed by atoms with Crippen LogP contribution in [0.25, 0.3) is 22.0 Å². The minimum atomic E-state index is -4.75. The van der Waals surface area contributed by atoms with Gasteiger partial charge in [0.05, 0.1) is 0 Å². The number of carboxylic acids is 1. The lowest BCUT2D eigenvalue weighted by Gasteiger charge is -2.39. The van der Waals surface area contributed by atoms with Gasteiger partial charge in [-0.15, -0.1) is 0 Å². The largest absolute Gasteiger partial charge is 0.480 e. The number of pyridine rings is 1. The molecule has 0 amide bonds. The maximum absolute atomic E-state index is 14.2. The maximum Gasteiger partial charge on any atom is 0.429 e. The number of nitrogens with zero attached hydrogens (tertiary/aromatic N) is 3. The number of hydrogen-bond acceptors (Lipinski definition) is 8. The van der Waals surface area contributed by atoms with Crippen LogP contribution in [0.5, 0.6) is 5.88 Å². The summed E-state index contributed by atoms with van der Waals surface area (Å²) in [6, 6.07) is 15.1.